The molecule has 13 heteroatoms. The molecule has 1 rings (SSSR count). The van der Waals surface area contributed by atoms with Crippen molar-refractivity contribution in [2.45, 2.75) is 147 Å². The maximum Gasteiger partial charge on any atom is 0.472 e. The van der Waals surface area contributed by atoms with E-state index in [0.717, 1.165) is 19.3 Å². The third kappa shape index (κ3) is 19.1. The summed E-state index contributed by atoms with van der Waals surface area (Å²) in [7, 11) is 1.30. The maximum absolute atomic E-state index is 12.6. The van der Waals surface area contributed by atoms with Crippen LogP contribution in [0.25, 0.3) is 0 Å². The van der Waals surface area contributed by atoms with Crippen LogP contribution < -0.4 is 0 Å². The van der Waals surface area contributed by atoms with E-state index in [-0.39, 0.29) is 19.6 Å². The van der Waals surface area contributed by atoms with Crippen LogP contribution in [0.3, 0.4) is 0 Å². The summed E-state index contributed by atoms with van der Waals surface area (Å²) in [5, 5.41) is 30.6. The number of carbonyl (C=O) groups is 1. The maximum atomic E-state index is 12.6. The summed E-state index contributed by atoms with van der Waals surface area (Å²) in [5.41, 5.74) is 0. The molecule has 0 amide bonds. The highest BCUT2D eigenvalue weighted by Gasteiger charge is 2.44. The van der Waals surface area contributed by atoms with Crippen molar-refractivity contribution >= 4 is 13.8 Å². The summed E-state index contributed by atoms with van der Waals surface area (Å²) >= 11 is 0. The van der Waals surface area contributed by atoms with Crippen LogP contribution in [-0.4, -0.2) is 115 Å². The average molecular weight is 657 g/mol. The van der Waals surface area contributed by atoms with Gasteiger partial charge in [0, 0.05) is 6.42 Å². The molecule has 1 unspecified atom stereocenters. The van der Waals surface area contributed by atoms with Gasteiger partial charge in [-0.25, -0.2) is 4.57 Å². The number of hydrogen-bond donors (Lipinski definition) is 4. The summed E-state index contributed by atoms with van der Waals surface area (Å²) in [6.07, 6.45) is 8.48. The lowest BCUT2D eigenvalue weighted by Crippen LogP contribution is -2.58. The molecule has 1 fully saturated rings. The molecule has 0 saturated carbocycles. The molecule has 4 N–H and O–H groups in total. The van der Waals surface area contributed by atoms with Crippen molar-refractivity contribution in [2.75, 3.05) is 47.5 Å². The number of esters is 1. The van der Waals surface area contributed by atoms with Gasteiger partial charge in [0.2, 0.25) is 0 Å². The van der Waals surface area contributed by atoms with Crippen molar-refractivity contribution in [2.24, 2.45) is 0 Å². The summed E-state index contributed by atoms with van der Waals surface area (Å²) in [4.78, 5) is 22.7. The van der Waals surface area contributed by atoms with Gasteiger partial charge in [-0.3, -0.25) is 13.8 Å². The number of unbranched alkanes of at least 4 members (excludes halogenated alkanes) is 12. The lowest BCUT2D eigenvalue weighted by atomic mass is 9.97. The fraction of sp³-hybridized carbons (Fsp3) is 0.968. The molecule has 0 spiro atoms. The van der Waals surface area contributed by atoms with Crippen LogP contribution in [0.4, 0.5) is 0 Å². The monoisotopic (exact) mass is 656 g/mol. The number of carbonyl (C=O) groups excluding carboxylic acids is 1. The molecule has 0 bridgehead atoms. The smallest absolute Gasteiger partial charge is 0.457 e. The molecule has 0 aromatic heterocycles. The Hall–Kier alpha value is -0.660. The molecule has 1 aliphatic heterocycles. The van der Waals surface area contributed by atoms with Gasteiger partial charge in [0.1, 0.15) is 37.6 Å². The zero-order chi connectivity index (χ0) is 33.0. The van der Waals surface area contributed by atoms with Gasteiger partial charge in [-0.1, -0.05) is 90.9 Å². The normalized spacial score (nSPS) is 24.6. The van der Waals surface area contributed by atoms with Gasteiger partial charge in [-0.15, -0.1) is 0 Å². The van der Waals surface area contributed by atoms with Crippen molar-refractivity contribution in [3.63, 3.8) is 0 Å². The van der Waals surface area contributed by atoms with Crippen molar-refractivity contribution in [1.82, 2.24) is 0 Å². The first-order chi connectivity index (χ1) is 20.8. The van der Waals surface area contributed by atoms with E-state index in [1.807, 2.05) is 21.1 Å². The van der Waals surface area contributed by atoms with E-state index in [0.29, 0.717) is 23.9 Å². The third-order valence-corrected chi connectivity index (χ3v) is 8.72. The number of ether oxygens (including phenoxy) is 3. The van der Waals surface area contributed by atoms with Crippen LogP contribution in [0.1, 0.15) is 110 Å². The second-order valence-corrected chi connectivity index (χ2v) is 14.4. The van der Waals surface area contributed by atoms with Crippen LogP contribution in [0, 0.1) is 0 Å². The zero-order valence-electron chi connectivity index (χ0n) is 27.9. The predicted molar refractivity (Wildman–Crippen MR) is 168 cm³/mol. The predicted octanol–water partition coefficient (Wildman–Crippen LogP) is 4.45. The van der Waals surface area contributed by atoms with Gasteiger partial charge in [0.25, 0.3) is 0 Å². The number of phosphoric acid groups is 1. The van der Waals surface area contributed by atoms with Crippen LogP contribution in [0.15, 0.2) is 0 Å². The van der Waals surface area contributed by atoms with Gasteiger partial charge >= 0.3 is 13.8 Å². The van der Waals surface area contributed by atoms with Gasteiger partial charge in [0.15, 0.2) is 6.29 Å². The first kappa shape index (κ1) is 41.4. The first-order valence-electron chi connectivity index (χ1n) is 16.7. The van der Waals surface area contributed by atoms with Crippen molar-refractivity contribution in [1.29, 1.82) is 0 Å². The molecule has 0 radical (unpaired) electrons. The molecule has 0 aromatic rings. The summed E-state index contributed by atoms with van der Waals surface area (Å²) in [6, 6.07) is 0. The molecule has 1 heterocycles. The van der Waals surface area contributed by atoms with E-state index >= 15 is 0 Å². The number of aliphatic hydroxyl groups excluding tert-OH is 3. The molecule has 7 atom stereocenters. The number of aliphatic hydroxyl groups is 3. The second-order valence-electron chi connectivity index (χ2n) is 13.0. The molecule has 1 aliphatic rings. The molecule has 262 valence electrons. The molecule has 0 aromatic carbocycles. The van der Waals surface area contributed by atoms with Gasteiger partial charge in [-0.05, 0) is 12.8 Å². The SMILES string of the molecule is CCCCCCCCCCCCCCCC(=O)O[C@H](CO[C@@H]1O[C@H](CC)[C@@H](O)[C@H](O)[C@H]1O)COP(=O)(O)OCC[N+](C)(C)C. The zero-order valence-corrected chi connectivity index (χ0v) is 28.8. The molecule has 0 aliphatic carbocycles. The highest BCUT2D eigenvalue weighted by atomic mass is 31.2. The van der Waals surface area contributed by atoms with Crippen LogP contribution in [0.2, 0.25) is 0 Å². The average Bonchev–Trinajstić information content (AvgIpc) is 2.95. The number of rotatable bonds is 26. The molecular formula is C31H63NO11P+. The fourth-order valence-electron chi connectivity index (χ4n) is 4.89. The third-order valence-electron chi connectivity index (χ3n) is 7.74. The van der Waals surface area contributed by atoms with Gasteiger partial charge in [0.05, 0.1) is 40.5 Å². The quantitative estimate of drug-likeness (QED) is 0.0451. The topological polar surface area (TPSA) is 161 Å². The van der Waals surface area contributed by atoms with Gasteiger partial charge in [-0.2, -0.15) is 0 Å². The molecule has 12 nitrogen and oxygen atoms in total. The minimum Gasteiger partial charge on any atom is -0.457 e. The number of nitrogens with zero attached hydrogens (tertiary/aromatic N) is 1. The highest BCUT2D eigenvalue weighted by Crippen LogP contribution is 2.43. The molecule has 44 heavy (non-hydrogen) atoms. The Kier molecular flexibility index (Phi) is 21.4. The number of quaternary nitrogens is 1. The van der Waals surface area contributed by atoms with Gasteiger partial charge < -0.3 is 38.9 Å². The minimum absolute atomic E-state index is 0.0159. The fourth-order valence-corrected chi connectivity index (χ4v) is 5.63. The van der Waals surface area contributed by atoms with Crippen molar-refractivity contribution in [3.05, 3.63) is 0 Å². The second kappa shape index (κ2) is 22.8. The summed E-state index contributed by atoms with van der Waals surface area (Å²) in [6.45, 7) is 3.60. The Morgan fingerprint density at radius 1 is 0.795 bits per heavy atom. The Bertz CT molecular complexity index is 795. The first-order valence-corrected chi connectivity index (χ1v) is 18.2. The number of likely N-dealkylation sites (N-methyl/N-ethyl adjacent to an activating group) is 1. The Morgan fingerprint density at radius 2 is 1.34 bits per heavy atom. The lowest BCUT2D eigenvalue weighted by molar-refractivity contribution is -0.870. The highest BCUT2D eigenvalue weighted by molar-refractivity contribution is 7.47. The molecule has 1 saturated heterocycles. The lowest BCUT2D eigenvalue weighted by Gasteiger charge is -2.40. The van der Waals surface area contributed by atoms with E-state index in [1.54, 1.807) is 6.92 Å². The van der Waals surface area contributed by atoms with Crippen molar-refractivity contribution < 1.29 is 57.3 Å². The van der Waals surface area contributed by atoms with Crippen LogP contribution in [-0.2, 0) is 32.6 Å². The number of phosphoric ester groups is 1. The Morgan fingerprint density at radius 3 is 1.86 bits per heavy atom. The minimum atomic E-state index is -4.44. The standard InChI is InChI=1S/C31H62NO11P/c1-6-8-9-10-11-12-13-14-15-16-17-18-19-20-27(33)42-25(24-41-44(37,38)40-22-21-32(3,4)5)23-39-31-30(36)29(35)28(34)26(7-2)43-31/h25-26,28-31,34-36H,6-24H2,1-5H3/p+1/t25-,26-,28-,29+,30-,31-/m1/s1. The summed E-state index contributed by atoms with van der Waals surface area (Å²) in [5.74, 6) is -0.504. The largest absolute Gasteiger partial charge is 0.472 e. The molecular weight excluding hydrogens is 593 g/mol. The van der Waals surface area contributed by atoms with Crippen LogP contribution >= 0.6 is 7.82 Å². The Labute approximate surface area is 265 Å². The van der Waals surface area contributed by atoms with E-state index in [1.165, 1.54) is 57.8 Å². The van der Waals surface area contributed by atoms with Crippen molar-refractivity contribution in [3.8, 4) is 0 Å². The van der Waals surface area contributed by atoms with Crippen LogP contribution in [0.5, 0.6) is 0 Å². The number of hydrogen-bond acceptors (Lipinski definition) is 10. The van der Waals surface area contributed by atoms with E-state index in [9.17, 15) is 29.6 Å². The van der Waals surface area contributed by atoms with E-state index < -0.39 is 57.2 Å². The Balaban J connectivity index is 2.50. The van der Waals surface area contributed by atoms with E-state index in [4.69, 9.17) is 23.3 Å². The van der Waals surface area contributed by atoms with E-state index in [2.05, 4.69) is 6.92 Å². The summed E-state index contributed by atoms with van der Waals surface area (Å²) < 4.78 is 39.8.